The SMILES string of the molecule is Nc1c(S(=O)(=O)[O-])cc(Nc2ccc(Nc3nc(Nc4ccccc4S(=O)(=O)[O-])nc(Nc4ccccc4S(=O)(=O)[O-])n3)cc2S(=O)(=O)[O-])c2c1C(=O)c1ccccc1C2=O.[Na+].[Na+].[Na+].[Na+]. The smallest absolute Gasteiger partial charge is 0.744 e. The average molecular weight is 999 g/mol. The number of nitrogens with two attached hydrogens (primary N) is 1. The minimum atomic E-state index is -5.50. The molecule has 6 aromatic rings. The van der Waals surface area contributed by atoms with Gasteiger partial charge in [0.15, 0.2) is 11.6 Å². The maximum atomic E-state index is 13.8. The van der Waals surface area contributed by atoms with Gasteiger partial charge in [0.1, 0.15) is 40.5 Å². The normalized spacial score (nSPS) is 12.1. The third kappa shape index (κ3) is 12.4. The molecule has 1 aliphatic carbocycles. The van der Waals surface area contributed by atoms with Gasteiger partial charge in [-0.1, -0.05) is 48.5 Å². The van der Waals surface area contributed by atoms with Crippen LogP contribution in [-0.2, 0) is 40.5 Å². The van der Waals surface area contributed by atoms with Crippen LogP contribution in [0.3, 0.4) is 0 Å². The van der Waals surface area contributed by atoms with Crippen LogP contribution in [0.15, 0.2) is 117 Å². The summed E-state index contributed by atoms with van der Waals surface area (Å²) in [6.45, 7) is 0. The van der Waals surface area contributed by atoms with Crippen LogP contribution in [0.5, 0.6) is 0 Å². The van der Waals surface area contributed by atoms with Crippen LogP contribution in [0.25, 0.3) is 0 Å². The van der Waals surface area contributed by atoms with Gasteiger partial charge in [0.25, 0.3) is 0 Å². The van der Waals surface area contributed by atoms with Crippen LogP contribution in [0.2, 0.25) is 0 Å². The number of fused-ring (bicyclic) bond motifs is 2. The van der Waals surface area contributed by atoms with Crippen molar-refractivity contribution in [1.82, 2.24) is 15.0 Å². The summed E-state index contributed by atoms with van der Waals surface area (Å²) >= 11 is 0. The number of hydrogen-bond donors (Lipinski definition) is 5. The summed E-state index contributed by atoms with van der Waals surface area (Å²) in [5, 5.41) is 10.1. The molecule has 0 spiro atoms. The van der Waals surface area contributed by atoms with E-state index in [2.05, 4.69) is 36.2 Å². The summed E-state index contributed by atoms with van der Waals surface area (Å²) in [7, 11) is -21.1. The second-order valence-electron chi connectivity index (χ2n) is 12.6. The first-order valence-corrected chi connectivity index (χ1v) is 22.3. The number of hydrogen-bond acceptors (Lipinski definition) is 22. The topological polar surface area (TPSA) is 376 Å². The van der Waals surface area contributed by atoms with Gasteiger partial charge in [-0.05, 0) is 48.5 Å². The second kappa shape index (κ2) is 21.6. The van der Waals surface area contributed by atoms with Crippen molar-refractivity contribution in [2.45, 2.75) is 19.6 Å². The van der Waals surface area contributed by atoms with E-state index in [1.165, 1.54) is 60.7 Å². The minimum Gasteiger partial charge on any atom is -0.744 e. The average Bonchev–Trinajstić information content (AvgIpc) is 3.16. The number of aromatic nitrogens is 3. The Balaban J connectivity index is 0.00000281. The molecule has 0 amide bonds. The molecule has 0 fully saturated rings. The van der Waals surface area contributed by atoms with Crippen LogP contribution < -0.4 is 145 Å². The van der Waals surface area contributed by atoms with E-state index in [1.807, 2.05) is 0 Å². The molecule has 22 nitrogen and oxygen atoms in total. The van der Waals surface area contributed by atoms with Crippen LogP contribution in [0, 0.1) is 0 Å². The van der Waals surface area contributed by atoms with Gasteiger partial charge in [0, 0.05) is 16.8 Å². The van der Waals surface area contributed by atoms with E-state index >= 15 is 0 Å². The number of ketones is 2. The van der Waals surface area contributed by atoms with Crippen LogP contribution in [0.4, 0.5) is 52.0 Å². The Labute approximate surface area is 458 Å². The van der Waals surface area contributed by atoms with Crippen molar-refractivity contribution in [2.75, 3.05) is 27.0 Å². The number of carbonyl (C=O) groups is 2. The first-order chi connectivity index (χ1) is 28.5. The molecule has 7 rings (SSSR count). The molecule has 5 aromatic carbocycles. The molecule has 6 N–H and O–H groups in total. The van der Waals surface area contributed by atoms with Crippen molar-refractivity contribution in [3.05, 3.63) is 119 Å². The molecular formula is C35H22N8Na4O14S4. The molecule has 1 aliphatic rings. The number of nitrogens with zero attached hydrogens (tertiary/aromatic N) is 3. The standard InChI is InChI=1S/C35H26N8O14S4.4Na/c36-30-27(61(55,56)57)16-23(28-29(30)32(45)19-8-2-1-7-18(19)31(28)44)38-22-14-13-17(15-26(22)60(52,53)54)37-33-41-34(39-20-9-3-5-11-24(20)58(46,47)48)43-35(42-33)40-21-10-4-6-12-25(21)59(49,50)51;;;;/h1-16,38H,36H2,(H,46,47,48)(H,49,50,51)(H,52,53,54)(H,55,56,57)(H3,37,39,40,41,42,43);;;;/q;4*+1/p-4. The van der Waals surface area contributed by atoms with Crippen molar-refractivity contribution in [2.24, 2.45) is 0 Å². The molecule has 1 heterocycles. The van der Waals surface area contributed by atoms with Crippen molar-refractivity contribution < 1.29 is 180 Å². The van der Waals surface area contributed by atoms with Gasteiger partial charge in [-0.25, -0.2) is 33.7 Å². The molecular weight excluding hydrogens is 977 g/mol. The molecule has 30 heteroatoms. The van der Waals surface area contributed by atoms with Crippen molar-refractivity contribution in [3.63, 3.8) is 0 Å². The Hall–Kier alpha value is -2.91. The van der Waals surface area contributed by atoms with Crippen molar-refractivity contribution in [1.29, 1.82) is 0 Å². The van der Waals surface area contributed by atoms with E-state index in [-0.39, 0.29) is 146 Å². The number of benzene rings is 5. The Kier molecular flexibility index (Phi) is 18.7. The van der Waals surface area contributed by atoms with E-state index in [4.69, 9.17) is 5.73 Å². The van der Waals surface area contributed by atoms with Gasteiger partial charge in [-0.15, -0.1) is 0 Å². The Morgan fingerprint density at radius 3 is 1.25 bits per heavy atom. The minimum absolute atomic E-state index is 0. The molecule has 0 aliphatic heterocycles. The maximum absolute atomic E-state index is 13.8. The molecule has 65 heavy (non-hydrogen) atoms. The number of anilines is 9. The van der Waals surface area contributed by atoms with Crippen molar-refractivity contribution in [3.8, 4) is 0 Å². The number of para-hydroxylation sites is 2. The molecule has 0 radical (unpaired) electrons. The summed E-state index contributed by atoms with van der Waals surface area (Å²) in [6, 6.07) is 18.4. The molecule has 314 valence electrons. The molecule has 0 saturated heterocycles. The largest absolute Gasteiger partial charge is 1.00 e. The number of rotatable bonds is 12. The molecule has 0 unspecified atom stereocenters. The number of carbonyl (C=O) groups excluding carboxylic acids is 2. The zero-order valence-corrected chi connectivity index (χ0v) is 45.3. The van der Waals surface area contributed by atoms with Crippen molar-refractivity contribution >= 4 is 104 Å². The summed E-state index contributed by atoms with van der Waals surface area (Å²) in [5.41, 5.74) is 1.57. The fraction of sp³-hybridized carbons (Fsp3) is 0. The molecule has 1 aromatic heterocycles. The predicted octanol–water partition coefficient (Wildman–Crippen LogP) is -9.16. The third-order valence-corrected chi connectivity index (χ3v) is 12.2. The monoisotopic (exact) mass is 998 g/mol. The summed E-state index contributed by atoms with van der Waals surface area (Å²) in [5.74, 6) is -3.32. The quantitative estimate of drug-likeness (QED) is 0.0431. The predicted molar refractivity (Wildman–Crippen MR) is 208 cm³/mol. The molecule has 0 saturated carbocycles. The van der Waals surface area contributed by atoms with Gasteiger partial charge in [0.2, 0.25) is 17.8 Å². The summed E-state index contributed by atoms with van der Waals surface area (Å²) in [6.07, 6.45) is 0. The van der Waals surface area contributed by atoms with Gasteiger partial charge in [0.05, 0.1) is 59.1 Å². The van der Waals surface area contributed by atoms with E-state index in [9.17, 15) is 61.5 Å². The van der Waals surface area contributed by atoms with E-state index < -0.39 is 118 Å². The fourth-order valence-electron chi connectivity index (χ4n) is 6.14. The Morgan fingerprint density at radius 2 is 0.800 bits per heavy atom. The first kappa shape index (κ1) is 56.4. The fourth-order valence-corrected chi connectivity index (χ4v) is 8.70. The van der Waals surface area contributed by atoms with Crippen LogP contribution in [0.1, 0.15) is 31.8 Å². The Morgan fingerprint density at radius 1 is 0.415 bits per heavy atom. The maximum Gasteiger partial charge on any atom is 1.00 e. The van der Waals surface area contributed by atoms with Crippen LogP contribution in [-0.4, -0.2) is 78.4 Å². The van der Waals surface area contributed by atoms with E-state index in [0.29, 0.717) is 6.07 Å². The van der Waals surface area contributed by atoms with E-state index in [0.717, 1.165) is 30.3 Å². The summed E-state index contributed by atoms with van der Waals surface area (Å²) in [4.78, 5) is 35.9. The third-order valence-electron chi connectivity index (χ3n) is 8.69. The number of nitrogens with one attached hydrogen (secondary N) is 4. The van der Waals surface area contributed by atoms with Gasteiger partial charge >= 0.3 is 118 Å². The van der Waals surface area contributed by atoms with Crippen LogP contribution >= 0.6 is 0 Å². The zero-order chi connectivity index (χ0) is 44.2. The Bertz CT molecular complexity index is 3260. The first-order valence-electron chi connectivity index (χ1n) is 16.7. The molecule has 0 atom stereocenters. The summed E-state index contributed by atoms with van der Waals surface area (Å²) < 4.78 is 147. The van der Waals surface area contributed by atoms with E-state index in [1.54, 1.807) is 0 Å². The van der Waals surface area contributed by atoms with Gasteiger partial charge in [-0.3, -0.25) is 9.59 Å². The second-order valence-corrected chi connectivity index (χ2v) is 18.0. The molecule has 0 bridgehead atoms. The van der Waals surface area contributed by atoms with Gasteiger partial charge < -0.3 is 45.2 Å². The zero-order valence-electron chi connectivity index (χ0n) is 34.0. The van der Waals surface area contributed by atoms with Gasteiger partial charge in [-0.2, -0.15) is 15.0 Å². The number of nitrogen functional groups attached to an aromatic ring is 1.